The molecular weight excluding hydrogens is 268 g/mol. The van der Waals surface area contributed by atoms with E-state index in [9.17, 15) is 8.42 Å². The fourth-order valence-electron chi connectivity index (χ4n) is 2.24. The lowest BCUT2D eigenvalue weighted by atomic mass is 10.3. The Morgan fingerprint density at radius 1 is 1.21 bits per heavy atom. The van der Waals surface area contributed by atoms with Gasteiger partial charge in [-0.05, 0) is 0 Å². The van der Waals surface area contributed by atoms with Gasteiger partial charge in [0.25, 0.3) is 0 Å². The second-order valence-electron chi connectivity index (χ2n) is 4.48. The van der Waals surface area contributed by atoms with Crippen molar-refractivity contribution in [2.45, 2.75) is 0 Å². The van der Waals surface area contributed by atoms with Crippen LogP contribution < -0.4 is 4.90 Å². The van der Waals surface area contributed by atoms with Crippen molar-refractivity contribution in [1.29, 1.82) is 0 Å². The van der Waals surface area contributed by atoms with Crippen molar-refractivity contribution < 1.29 is 8.42 Å². The van der Waals surface area contributed by atoms with Gasteiger partial charge in [0.15, 0.2) is 5.65 Å². The Bertz CT molecular complexity index is 689. The SMILES string of the molecule is CS(=O)(=O)N1CCN(c2ncnc3[nH]ncc23)CC1. The van der Waals surface area contributed by atoms with E-state index in [4.69, 9.17) is 0 Å². The topological polar surface area (TPSA) is 95.1 Å². The van der Waals surface area contributed by atoms with E-state index in [1.807, 2.05) is 0 Å². The highest BCUT2D eigenvalue weighted by molar-refractivity contribution is 7.88. The van der Waals surface area contributed by atoms with E-state index < -0.39 is 10.0 Å². The van der Waals surface area contributed by atoms with Gasteiger partial charge in [-0.2, -0.15) is 9.40 Å². The molecule has 0 amide bonds. The first-order chi connectivity index (χ1) is 9.05. The number of sulfonamides is 1. The van der Waals surface area contributed by atoms with Crippen LogP contribution in [0.25, 0.3) is 11.0 Å². The Morgan fingerprint density at radius 3 is 2.63 bits per heavy atom. The molecule has 1 aliphatic rings. The number of fused-ring (bicyclic) bond motifs is 1. The largest absolute Gasteiger partial charge is 0.353 e. The highest BCUT2D eigenvalue weighted by Gasteiger charge is 2.25. The zero-order valence-corrected chi connectivity index (χ0v) is 11.3. The molecule has 0 aromatic carbocycles. The van der Waals surface area contributed by atoms with Crippen molar-refractivity contribution in [3.8, 4) is 0 Å². The van der Waals surface area contributed by atoms with E-state index in [2.05, 4.69) is 25.1 Å². The molecule has 2 aromatic rings. The van der Waals surface area contributed by atoms with Crippen molar-refractivity contribution in [1.82, 2.24) is 24.5 Å². The summed E-state index contributed by atoms with van der Waals surface area (Å²) in [5, 5.41) is 7.61. The molecule has 9 heteroatoms. The first-order valence-electron chi connectivity index (χ1n) is 5.90. The molecule has 3 rings (SSSR count). The standard InChI is InChI=1S/C10H14N6O2S/c1-19(17,18)16-4-2-15(3-5-16)10-8-6-13-14-9(8)11-7-12-10/h6-7H,2-5H2,1H3,(H,11,12,13,14). The van der Waals surface area contributed by atoms with Crippen molar-refractivity contribution in [2.24, 2.45) is 0 Å². The lowest BCUT2D eigenvalue weighted by Crippen LogP contribution is -2.48. The third-order valence-corrected chi connectivity index (χ3v) is 4.54. The first-order valence-corrected chi connectivity index (χ1v) is 7.75. The van der Waals surface area contributed by atoms with Gasteiger partial charge >= 0.3 is 0 Å². The van der Waals surface area contributed by atoms with Crippen LogP contribution in [0.3, 0.4) is 0 Å². The number of piperazine rings is 1. The monoisotopic (exact) mass is 282 g/mol. The molecule has 2 aromatic heterocycles. The predicted molar refractivity (Wildman–Crippen MR) is 70.3 cm³/mol. The highest BCUT2D eigenvalue weighted by atomic mass is 32.2. The van der Waals surface area contributed by atoms with E-state index in [1.54, 1.807) is 6.20 Å². The van der Waals surface area contributed by atoms with Gasteiger partial charge in [0.2, 0.25) is 10.0 Å². The van der Waals surface area contributed by atoms with Crippen molar-refractivity contribution >= 4 is 26.9 Å². The minimum Gasteiger partial charge on any atom is -0.353 e. The molecule has 3 heterocycles. The summed E-state index contributed by atoms with van der Waals surface area (Å²) in [6.07, 6.45) is 4.41. The van der Waals surface area contributed by atoms with E-state index in [-0.39, 0.29) is 0 Å². The maximum Gasteiger partial charge on any atom is 0.211 e. The number of nitrogens with zero attached hydrogens (tertiary/aromatic N) is 5. The van der Waals surface area contributed by atoms with Crippen molar-refractivity contribution in [2.75, 3.05) is 37.3 Å². The van der Waals surface area contributed by atoms with Gasteiger partial charge in [-0.3, -0.25) is 5.10 Å². The van der Waals surface area contributed by atoms with Crippen LogP contribution in [0.2, 0.25) is 0 Å². The minimum atomic E-state index is -3.11. The number of rotatable bonds is 2. The van der Waals surface area contributed by atoms with E-state index in [0.29, 0.717) is 31.8 Å². The molecule has 0 bridgehead atoms. The Labute approximate surface area is 110 Å². The second kappa shape index (κ2) is 4.42. The number of hydrogen-bond donors (Lipinski definition) is 1. The normalized spacial score (nSPS) is 18.1. The number of hydrogen-bond acceptors (Lipinski definition) is 6. The van der Waals surface area contributed by atoms with Crippen LogP contribution in [0, 0.1) is 0 Å². The van der Waals surface area contributed by atoms with Gasteiger partial charge < -0.3 is 4.90 Å². The first kappa shape index (κ1) is 12.3. The molecule has 1 aliphatic heterocycles. The molecular formula is C10H14N6O2S. The number of aromatic nitrogens is 4. The van der Waals surface area contributed by atoms with Gasteiger partial charge in [-0.25, -0.2) is 18.4 Å². The molecule has 102 valence electrons. The van der Waals surface area contributed by atoms with E-state index in [1.165, 1.54) is 16.9 Å². The summed E-state index contributed by atoms with van der Waals surface area (Å²) in [4.78, 5) is 10.4. The molecule has 0 saturated carbocycles. The van der Waals surface area contributed by atoms with Crippen molar-refractivity contribution in [3.05, 3.63) is 12.5 Å². The summed E-state index contributed by atoms with van der Waals surface area (Å²) < 4.78 is 24.4. The molecule has 19 heavy (non-hydrogen) atoms. The van der Waals surface area contributed by atoms with Crippen LogP contribution >= 0.6 is 0 Å². The van der Waals surface area contributed by atoms with Crippen LogP contribution in [-0.4, -0.2) is 65.3 Å². The molecule has 1 N–H and O–H groups in total. The maximum absolute atomic E-state index is 11.5. The average molecular weight is 282 g/mol. The Kier molecular flexibility index (Phi) is 2.86. The quantitative estimate of drug-likeness (QED) is 0.793. The van der Waals surface area contributed by atoms with Gasteiger partial charge in [0.1, 0.15) is 12.1 Å². The number of nitrogens with one attached hydrogen (secondary N) is 1. The predicted octanol–water partition coefficient (Wildman–Crippen LogP) is -0.565. The molecule has 0 radical (unpaired) electrons. The summed E-state index contributed by atoms with van der Waals surface area (Å²) in [6.45, 7) is 2.18. The molecule has 8 nitrogen and oxygen atoms in total. The fraction of sp³-hybridized carbons (Fsp3) is 0.500. The second-order valence-corrected chi connectivity index (χ2v) is 6.46. The van der Waals surface area contributed by atoms with Gasteiger partial charge in [0, 0.05) is 26.2 Å². The molecule has 0 atom stereocenters. The third kappa shape index (κ3) is 2.26. The van der Waals surface area contributed by atoms with Gasteiger partial charge in [-0.15, -0.1) is 0 Å². The number of H-pyrrole nitrogens is 1. The zero-order chi connectivity index (χ0) is 13.5. The lowest BCUT2D eigenvalue weighted by molar-refractivity contribution is 0.387. The summed E-state index contributed by atoms with van der Waals surface area (Å²) in [5.74, 6) is 0.798. The average Bonchev–Trinajstić information content (AvgIpc) is 2.86. The van der Waals surface area contributed by atoms with Crippen LogP contribution in [0.4, 0.5) is 5.82 Å². The molecule has 0 aliphatic carbocycles. The van der Waals surface area contributed by atoms with Crippen molar-refractivity contribution in [3.63, 3.8) is 0 Å². The number of aromatic amines is 1. The summed E-state index contributed by atoms with van der Waals surface area (Å²) >= 11 is 0. The summed E-state index contributed by atoms with van der Waals surface area (Å²) in [6, 6.07) is 0. The van der Waals surface area contributed by atoms with Crippen LogP contribution in [-0.2, 0) is 10.0 Å². The smallest absolute Gasteiger partial charge is 0.211 e. The molecule has 0 spiro atoms. The summed E-state index contributed by atoms with van der Waals surface area (Å²) in [7, 11) is -3.11. The lowest BCUT2D eigenvalue weighted by Gasteiger charge is -2.34. The minimum absolute atomic E-state index is 0.474. The third-order valence-electron chi connectivity index (χ3n) is 3.23. The molecule has 1 fully saturated rings. The summed E-state index contributed by atoms with van der Waals surface area (Å²) in [5.41, 5.74) is 0.690. The Hall–Kier alpha value is -1.74. The van der Waals surface area contributed by atoms with Crippen LogP contribution in [0.15, 0.2) is 12.5 Å². The zero-order valence-electron chi connectivity index (χ0n) is 10.4. The molecule has 1 saturated heterocycles. The van der Waals surface area contributed by atoms with Gasteiger partial charge in [-0.1, -0.05) is 0 Å². The molecule has 0 unspecified atom stereocenters. The fourth-order valence-corrected chi connectivity index (χ4v) is 3.06. The maximum atomic E-state index is 11.5. The van der Waals surface area contributed by atoms with Gasteiger partial charge in [0.05, 0.1) is 17.8 Å². The Balaban J connectivity index is 1.84. The highest BCUT2D eigenvalue weighted by Crippen LogP contribution is 2.22. The van der Waals surface area contributed by atoms with Crippen LogP contribution in [0.1, 0.15) is 0 Å². The Morgan fingerprint density at radius 2 is 1.95 bits per heavy atom. The van der Waals surface area contributed by atoms with Crippen LogP contribution in [0.5, 0.6) is 0 Å². The van der Waals surface area contributed by atoms with E-state index >= 15 is 0 Å². The van der Waals surface area contributed by atoms with E-state index in [0.717, 1.165) is 11.2 Å². The number of anilines is 1.